The summed E-state index contributed by atoms with van der Waals surface area (Å²) in [4.78, 5) is 0. The van der Waals surface area contributed by atoms with E-state index in [0.717, 1.165) is 16.7 Å². The highest BCUT2D eigenvalue weighted by molar-refractivity contribution is 5.40. The van der Waals surface area contributed by atoms with Gasteiger partial charge in [0.15, 0.2) is 11.6 Å². The SMILES string of the molecule is Cc1ccc(C)c(Oc2ccc(CN)cc2F)c1. The van der Waals surface area contributed by atoms with Crippen molar-refractivity contribution in [2.45, 2.75) is 20.4 Å². The summed E-state index contributed by atoms with van der Waals surface area (Å²) >= 11 is 0. The molecule has 0 aromatic heterocycles. The Bertz CT molecular complexity index is 566. The fourth-order valence-corrected chi connectivity index (χ4v) is 1.69. The molecule has 2 aromatic rings. The molecule has 2 nitrogen and oxygen atoms in total. The Morgan fingerprint density at radius 1 is 1.06 bits per heavy atom. The van der Waals surface area contributed by atoms with Crippen LogP contribution in [0.25, 0.3) is 0 Å². The van der Waals surface area contributed by atoms with Gasteiger partial charge in [-0.05, 0) is 48.7 Å². The lowest BCUT2D eigenvalue weighted by molar-refractivity contribution is 0.438. The van der Waals surface area contributed by atoms with Crippen LogP contribution in [0.2, 0.25) is 0 Å². The second kappa shape index (κ2) is 5.19. The van der Waals surface area contributed by atoms with Crippen molar-refractivity contribution < 1.29 is 9.13 Å². The average Bonchev–Trinajstić information content (AvgIpc) is 2.36. The molecule has 0 radical (unpaired) electrons. The molecule has 2 rings (SSSR count). The third-order valence-corrected chi connectivity index (χ3v) is 2.80. The number of ether oxygens (including phenoxy) is 1. The van der Waals surface area contributed by atoms with Crippen molar-refractivity contribution in [2.75, 3.05) is 0 Å². The van der Waals surface area contributed by atoms with Crippen LogP contribution in [0.15, 0.2) is 36.4 Å². The summed E-state index contributed by atoms with van der Waals surface area (Å²) in [5, 5.41) is 0. The summed E-state index contributed by atoms with van der Waals surface area (Å²) in [5.74, 6) is 0.508. The summed E-state index contributed by atoms with van der Waals surface area (Å²) in [6.07, 6.45) is 0. The minimum atomic E-state index is -0.390. The van der Waals surface area contributed by atoms with Gasteiger partial charge in [-0.3, -0.25) is 0 Å². The second-order valence-corrected chi connectivity index (χ2v) is 4.34. The molecule has 0 heterocycles. The molecular weight excluding hydrogens is 229 g/mol. The topological polar surface area (TPSA) is 35.2 Å². The number of hydrogen-bond acceptors (Lipinski definition) is 2. The summed E-state index contributed by atoms with van der Waals surface area (Å²) in [5.41, 5.74) is 8.26. The van der Waals surface area contributed by atoms with Gasteiger partial charge >= 0.3 is 0 Å². The van der Waals surface area contributed by atoms with Gasteiger partial charge in [-0.15, -0.1) is 0 Å². The van der Waals surface area contributed by atoms with Gasteiger partial charge in [0.05, 0.1) is 0 Å². The number of benzene rings is 2. The van der Waals surface area contributed by atoms with Crippen LogP contribution in [0.5, 0.6) is 11.5 Å². The van der Waals surface area contributed by atoms with Gasteiger partial charge in [-0.1, -0.05) is 18.2 Å². The van der Waals surface area contributed by atoms with E-state index in [0.29, 0.717) is 12.3 Å². The molecule has 0 aliphatic rings. The minimum Gasteiger partial charge on any atom is -0.454 e. The Hall–Kier alpha value is -1.87. The normalized spacial score (nSPS) is 10.4. The summed E-state index contributed by atoms with van der Waals surface area (Å²) in [6.45, 7) is 4.22. The number of aryl methyl sites for hydroxylation is 2. The first kappa shape index (κ1) is 12.6. The largest absolute Gasteiger partial charge is 0.454 e. The van der Waals surface area contributed by atoms with Gasteiger partial charge in [-0.25, -0.2) is 4.39 Å². The summed E-state index contributed by atoms with van der Waals surface area (Å²) in [7, 11) is 0. The Balaban J connectivity index is 2.31. The van der Waals surface area contributed by atoms with Gasteiger partial charge in [-0.2, -0.15) is 0 Å². The maximum absolute atomic E-state index is 13.8. The molecular formula is C15H16FNO. The quantitative estimate of drug-likeness (QED) is 0.895. The van der Waals surface area contributed by atoms with Crippen LogP contribution in [0.1, 0.15) is 16.7 Å². The molecule has 2 N–H and O–H groups in total. The van der Waals surface area contributed by atoms with E-state index < -0.39 is 0 Å². The fraction of sp³-hybridized carbons (Fsp3) is 0.200. The lowest BCUT2D eigenvalue weighted by atomic mass is 10.1. The average molecular weight is 245 g/mol. The van der Waals surface area contributed by atoms with Gasteiger partial charge < -0.3 is 10.5 Å². The van der Waals surface area contributed by atoms with E-state index in [2.05, 4.69) is 0 Å². The van der Waals surface area contributed by atoms with E-state index in [9.17, 15) is 4.39 Å². The van der Waals surface area contributed by atoms with Crippen LogP contribution in [-0.2, 0) is 6.54 Å². The zero-order chi connectivity index (χ0) is 13.1. The molecule has 0 atom stereocenters. The standard InChI is InChI=1S/C15H16FNO/c1-10-3-4-11(2)15(7-10)18-14-6-5-12(9-17)8-13(14)16/h3-8H,9,17H2,1-2H3. The predicted octanol–water partition coefficient (Wildman–Crippen LogP) is 3.69. The van der Waals surface area contributed by atoms with E-state index in [1.807, 2.05) is 32.0 Å². The first-order valence-electron chi connectivity index (χ1n) is 5.84. The number of nitrogens with two attached hydrogens (primary N) is 1. The van der Waals surface area contributed by atoms with Gasteiger partial charge in [0.1, 0.15) is 5.75 Å². The minimum absolute atomic E-state index is 0.223. The smallest absolute Gasteiger partial charge is 0.166 e. The molecule has 0 saturated heterocycles. The monoisotopic (exact) mass is 245 g/mol. The van der Waals surface area contributed by atoms with Gasteiger partial charge in [0, 0.05) is 6.54 Å². The second-order valence-electron chi connectivity index (χ2n) is 4.34. The van der Waals surface area contributed by atoms with E-state index in [1.165, 1.54) is 6.07 Å². The molecule has 0 aliphatic carbocycles. The van der Waals surface area contributed by atoms with Crippen LogP contribution in [-0.4, -0.2) is 0 Å². The molecule has 18 heavy (non-hydrogen) atoms. The Morgan fingerprint density at radius 3 is 2.50 bits per heavy atom. The lowest BCUT2D eigenvalue weighted by Crippen LogP contribution is -1.98. The van der Waals surface area contributed by atoms with Crippen LogP contribution in [0.3, 0.4) is 0 Å². The maximum Gasteiger partial charge on any atom is 0.166 e. The first-order chi connectivity index (χ1) is 8.60. The van der Waals surface area contributed by atoms with Crippen molar-refractivity contribution in [1.82, 2.24) is 0 Å². The molecule has 0 saturated carbocycles. The number of rotatable bonds is 3. The predicted molar refractivity (Wildman–Crippen MR) is 70.3 cm³/mol. The van der Waals surface area contributed by atoms with Gasteiger partial charge in [0.2, 0.25) is 0 Å². The number of hydrogen-bond donors (Lipinski definition) is 1. The third kappa shape index (κ3) is 2.68. The number of halogens is 1. The van der Waals surface area contributed by atoms with E-state index in [1.54, 1.807) is 12.1 Å². The molecule has 0 fully saturated rings. The Kier molecular flexibility index (Phi) is 3.63. The maximum atomic E-state index is 13.8. The molecule has 0 amide bonds. The molecule has 0 bridgehead atoms. The lowest BCUT2D eigenvalue weighted by Gasteiger charge is -2.11. The zero-order valence-corrected chi connectivity index (χ0v) is 10.5. The van der Waals surface area contributed by atoms with Crippen molar-refractivity contribution in [3.63, 3.8) is 0 Å². The highest BCUT2D eigenvalue weighted by Gasteiger charge is 2.07. The highest BCUT2D eigenvalue weighted by Crippen LogP contribution is 2.28. The third-order valence-electron chi connectivity index (χ3n) is 2.80. The summed E-state index contributed by atoms with van der Waals surface area (Å²) in [6, 6.07) is 10.6. The fourth-order valence-electron chi connectivity index (χ4n) is 1.69. The van der Waals surface area contributed by atoms with Crippen molar-refractivity contribution >= 4 is 0 Å². The molecule has 0 aliphatic heterocycles. The van der Waals surface area contributed by atoms with Crippen molar-refractivity contribution in [1.29, 1.82) is 0 Å². The Morgan fingerprint density at radius 2 is 1.83 bits per heavy atom. The Labute approximate surface area is 106 Å². The van der Waals surface area contributed by atoms with Crippen molar-refractivity contribution in [3.05, 3.63) is 58.9 Å². The first-order valence-corrected chi connectivity index (χ1v) is 5.84. The molecule has 94 valence electrons. The van der Waals surface area contributed by atoms with Crippen LogP contribution >= 0.6 is 0 Å². The molecule has 2 aromatic carbocycles. The van der Waals surface area contributed by atoms with Gasteiger partial charge in [0.25, 0.3) is 0 Å². The van der Waals surface area contributed by atoms with E-state index >= 15 is 0 Å². The van der Waals surface area contributed by atoms with Crippen LogP contribution in [0.4, 0.5) is 4.39 Å². The molecule has 0 unspecified atom stereocenters. The van der Waals surface area contributed by atoms with E-state index in [-0.39, 0.29) is 11.6 Å². The van der Waals surface area contributed by atoms with Crippen LogP contribution in [0, 0.1) is 19.7 Å². The van der Waals surface area contributed by atoms with Crippen molar-refractivity contribution in [2.24, 2.45) is 5.73 Å². The van der Waals surface area contributed by atoms with Crippen molar-refractivity contribution in [3.8, 4) is 11.5 Å². The van der Waals surface area contributed by atoms with Crippen LogP contribution < -0.4 is 10.5 Å². The summed E-state index contributed by atoms with van der Waals surface area (Å²) < 4.78 is 19.4. The molecule has 0 spiro atoms. The zero-order valence-electron chi connectivity index (χ0n) is 10.5. The molecule has 3 heteroatoms. The van der Waals surface area contributed by atoms with E-state index in [4.69, 9.17) is 10.5 Å². The highest BCUT2D eigenvalue weighted by atomic mass is 19.1.